The Bertz CT molecular complexity index is 367. The van der Waals surface area contributed by atoms with Crippen LogP contribution in [0.5, 0.6) is 0 Å². The molecule has 0 unspecified atom stereocenters. The second-order valence-corrected chi connectivity index (χ2v) is 2.89. The van der Waals surface area contributed by atoms with Gasteiger partial charge in [0.05, 0.1) is 11.7 Å². The van der Waals surface area contributed by atoms with Gasteiger partial charge in [-0.05, 0) is 12.1 Å². The van der Waals surface area contributed by atoms with E-state index in [1.54, 1.807) is 0 Å². The fourth-order valence-corrected chi connectivity index (χ4v) is 1.52. The summed E-state index contributed by atoms with van der Waals surface area (Å²) in [6.45, 7) is 0. The molecular weight excluding hydrogens is 204 g/mol. The molecule has 0 bridgehead atoms. The van der Waals surface area contributed by atoms with Crippen molar-refractivity contribution in [2.24, 2.45) is 0 Å². The standard InChI is InChI=1S/C8H7BrN2/c9-5-7-6-10-11-4-2-1-3-8(7)11/h1-4,6H,5H2. The molecule has 0 amide bonds. The Labute approximate surface area is 73.0 Å². The molecule has 0 spiro atoms. The van der Waals surface area contributed by atoms with Gasteiger partial charge in [-0.25, -0.2) is 4.52 Å². The third-order valence-electron chi connectivity index (χ3n) is 1.65. The van der Waals surface area contributed by atoms with Crippen molar-refractivity contribution in [3.63, 3.8) is 0 Å². The van der Waals surface area contributed by atoms with Crippen molar-refractivity contribution in [3.05, 3.63) is 36.2 Å². The van der Waals surface area contributed by atoms with E-state index in [1.807, 2.05) is 29.0 Å². The predicted molar refractivity (Wildman–Crippen MR) is 47.8 cm³/mol. The fourth-order valence-electron chi connectivity index (χ4n) is 1.09. The maximum atomic E-state index is 4.18. The first-order chi connectivity index (χ1) is 5.42. The van der Waals surface area contributed by atoms with E-state index >= 15 is 0 Å². The summed E-state index contributed by atoms with van der Waals surface area (Å²) in [6, 6.07) is 6.05. The van der Waals surface area contributed by atoms with E-state index in [0.29, 0.717) is 0 Å². The molecule has 2 aromatic heterocycles. The zero-order chi connectivity index (χ0) is 7.68. The van der Waals surface area contributed by atoms with Gasteiger partial charge in [0.25, 0.3) is 0 Å². The Kier molecular flexibility index (Phi) is 1.66. The van der Waals surface area contributed by atoms with E-state index in [1.165, 1.54) is 11.1 Å². The first-order valence-electron chi connectivity index (χ1n) is 3.39. The summed E-state index contributed by atoms with van der Waals surface area (Å²) in [4.78, 5) is 0. The average Bonchev–Trinajstić information content (AvgIpc) is 2.47. The molecule has 56 valence electrons. The molecule has 0 fully saturated rings. The summed E-state index contributed by atoms with van der Waals surface area (Å²) < 4.78 is 1.87. The van der Waals surface area contributed by atoms with Crippen LogP contribution in [0.3, 0.4) is 0 Å². The minimum atomic E-state index is 0.862. The smallest absolute Gasteiger partial charge is 0.0702 e. The van der Waals surface area contributed by atoms with Crippen LogP contribution < -0.4 is 0 Å². The van der Waals surface area contributed by atoms with Gasteiger partial charge < -0.3 is 0 Å². The number of aromatic nitrogens is 2. The van der Waals surface area contributed by atoms with Crippen LogP contribution in [0.15, 0.2) is 30.6 Å². The maximum Gasteiger partial charge on any atom is 0.0702 e. The molecule has 0 N–H and O–H groups in total. The molecule has 3 heteroatoms. The minimum absolute atomic E-state index is 0.862. The highest BCUT2D eigenvalue weighted by Crippen LogP contribution is 2.12. The monoisotopic (exact) mass is 210 g/mol. The van der Waals surface area contributed by atoms with Gasteiger partial charge in [0, 0.05) is 17.1 Å². The molecule has 2 nitrogen and oxygen atoms in total. The van der Waals surface area contributed by atoms with Gasteiger partial charge in [-0.3, -0.25) is 0 Å². The zero-order valence-corrected chi connectivity index (χ0v) is 7.45. The summed E-state index contributed by atoms with van der Waals surface area (Å²) in [5.41, 5.74) is 2.40. The third-order valence-corrected chi connectivity index (χ3v) is 2.25. The summed E-state index contributed by atoms with van der Waals surface area (Å²) >= 11 is 3.40. The highest BCUT2D eigenvalue weighted by molar-refractivity contribution is 9.08. The Balaban J connectivity index is 2.76. The van der Waals surface area contributed by atoms with Crippen LogP contribution >= 0.6 is 15.9 Å². The van der Waals surface area contributed by atoms with Gasteiger partial charge in [0.15, 0.2) is 0 Å². The second kappa shape index (κ2) is 2.66. The van der Waals surface area contributed by atoms with Crippen molar-refractivity contribution in [2.45, 2.75) is 5.33 Å². The van der Waals surface area contributed by atoms with E-state index < -0.39 is 0 Å². The first-order valence-corrected chi connectivity index (χ1v) is 4.51. The van der Waals surface area contributed by atoms with E-state index in [2.05, 4.69) is 27.1 Å². The predicted octanol–water partition coefficient (Wildman–Crippen LogP) is 2.23. The number of rotatable bonds is 1. The largest absolute Gasteiger partial charge is 0.241 e. The number of hydrogen-bond donors (Lipinski definition) is 0. The van der Waals surface area contributed by atoms with Crippen molar-refractivity contribution < 1.29 is 0 Å². The Morgan fingerprint density at radius 3 is 3.18 bits per heavy atom. The number of halogens is 1. The quantitative estimate of drug-likeness (QED) is 0.661. The summed E-state index contributed by atoms with van der Waals surface area (Å²) in [6.07, 6.45) is 3.82. The SMILES string of the molecule is BrCc1cnn2ccccc12. The summed E-state index contributed by atoms with van der Waals surface area (Å²) in [5, 5.41) is 5.04. The van der Waals surface area contributed by atoms with Crippen LogP contribution in [-0.4, -0.2) is 9.61 Å². The van der Waals surface area contributed by atoms with Crippen LogP contribution in [0.1, 0.15) is 5.56 Å². The lowest BCUT2D eigenvalue weighted by Gasteiger charge is -1.91. The van der Waals surface area contributed by atoms with Gasteiger partial charge in [-0.1, -0.05) is 22.0 Å². The van der Waals surface area contributed by atoms with Gasteiger partial charge in [-0.15, -0.1) is 0 Å². The van der Waals surface area contributed by atoms with Crippen molar-refractivity contribution >= 4 is 21.4 Å². The third kappa shape index (κ3) is 1.05. The molecule has 0 aromatic carbocycles. The van der Waals surface area contributed by atoms with Gasteiger partial charge >= 0.3 is 0 Å². The Morgan fingerprint density at radius 2 is 2.36 bits per heavy atom. The number of hydrogen-bond acceptors (Lipinski definition) is 1. The summed E-state index contributed by atoms with van der Waals surface area (Å²) in [5.74, 6) is 0. The molecule has 0 radical (unpaired) electrons. The van der Waals surface area contributed by atoms with E-state index in [0.717, 1.165) is 5.33 Å². The van der Waals surface area contributed by atoms with E-state index in [4.69, 9.17) is 0 Å². The fraction of sp³-hybridized carbons (Fsp3) is 0.125. The lowest BCUT2D eigenvalue weighted by molar-refractivity contribution is 0.961. The van der Waals surface area contributed by atoms with Crippen molar-refractivity contribution in [1.82, 2.24) is 9.61 Å². The average molecular weight is 211 g/mol. The second-order valence-electron chi connectivity index (χ2n) is 2.33. The van der Waals surface area contributed by atoms with Gasteiger partial charge in [0.2, 0.25) is 0 Å². The molecule has 0 aliphatic carbocycles. The molecule has 11 heavy (non-hydrogen) atoms. The molecular formula is C8H7BrN2. The Morgan fingerprint density at radius 1 is 1.45 bits per heavy atom. The lowest BCUT2D eigenvalue weighted by Crippen LogP contribution is -1.83. The number of pyridine rings is 1. The number of fused-ring (bicyclic) bond motifs is 1. The highest BCUT2D eigenvalue weighted by atomic mass is 79.9. The summed E-state index contributed by atoms with van der Waals surface area (Å²) in [7, 11) is 0. The maximum absolute atomic E-state index is 4.18. The topological polar surface area (TPSA) is 17.3 Å². The van der Waals surface area contributed by atoms with Crippen molar-refractivity contribution in [3.8, 4) is 0 Å². The van der Waals surface area contributed by atoms with E-state index in [9.17, 15) is 0 Å². The van der Waals surface area contributed by atoms with Crippen molar-refractivity contribution in [2.75, 3.05) is 0 Å². The van der Waals surface area contributed by atoms with Crippen LogP contribution in [0.2, 0.25) is 0 Å². The zero-order valence-electron chi connectivity index (χ0n) is 5.87. The normalized spacial score (nSPS) is 10.6. The van der Waals surface area contributed by atoms with Gasteiger partial charge in [-0.2, -0.15) is 5.10 Å². The number of alkyl halides is 1. The van der Waals surface area contributed by atoms with Crippen molar-refractivity contribution in [1.29, 1.82) is 0 Å². The molecule has 2 rings (SSSR count). The van der Waals surface area contributed by atoms with Crippen LogP contribution in [-0.2, 0) is 5.33 Å². The van der Waals surface area contributed by atoms with Crippen LogP contribution in [0.4, 0.5) is 0 Å². The Hall–Kier alpha value is -0.830. The molecule has 0 saturated carbocycles. The van der Waals surface area contributed by atoms with Gasteiger partial charge in [0.1, 0.15) is 0 Å². The van der Waals surface area contributed by atoms with Crippen LogP contribution in [0.25, 0.3) is 5.52 Å². The molecule has 0 saturated heterocycles. The molecule has 0 aliphatic rings. The molecule has 0 aliphatic heterocycles. The van der Waals surface area contributed by atoms with Crippen LogP contribution in [0, 0.1) is 0 Å². The first kappa shape index (κ1) is 6.85. The highest BCUT2D eigenvalue weighted by Gasteiger charge is 1.98. The number of nitrogens with zero attached hydrogens (tertiary/aromatic N) is 2. The molecule has 2 aromatic rings. The molecule has 2 heterocycles. The minimum Gasteiger partial charge on any atom is -0.241 e. The lowest BCUT2D eigenvalue weighted by atomic mass is 10.3. The molecule has 0 atom stereocenters. The van der Waals surface area contributed by atoms with E-state index in [-0.39, 0.29) is 0 Å².